The van der Waals surface area contributed by atoms with Gasteiger partial charge in [-0.2, -0.15) is 0 Å². The van der Waals surface area contributed by atoms with E-state index in [9.17, 15) is 4.79 Å². The molecule has 1 rings (SSSR count). The van der Waals surface area contributed by atoms with Crippen LogP contribution in [-0.4, -0.2) is 19.0 Å². The highest BCUT2D eigenvalue weighted by Gasteiger charge is 2.46. The zero-order chi connectivity index (χ0) is 14.9. The van der Waals surface area contributed by atoms with Gasteiger partial charge in [0.2, 0.25) is 0 Å². The van der Waals surface area contributed by atoms with Crippen molar-refractivity contribution in [1.29, 1.82) is 0 Å². The average Bonchev–Trinajstić information content (AvgIpc) is 2.65. The smallest absolute Gasteiger partial charge is 0.139 e. The summed E-state index contributed by atoms with van der Waals surface area (Å²) < 4.78 is 5.40. The predicted octanol–water partition coefficient (Wildman–Crippen LogP) is 4.47. The number of rotatable bonds is 4. The number of hydrogen-bond donors (Lipinski definition) is 0. The molecule has 0 aromatic rings. The Balaban J connectivity index is 2.86. The molecule has 0 saturated carbocycles. The maximum atomic E-state index is 12.9. The second-order valence-corrected chi connectivity index (χ2v) is 8.68. The quantitative estimate of drug-likeness (QED) is 0.752. The van der Waals surface area contributed by atoms with E-state index in [1.165, 1.54) is 0 Å². The van der Waals surface area contributed by atoms with E-state index < -0.39 is 0 Å². The molecule has 2 heteroatoms. The molecule has 0 N–H and O–H groups in total. The molecular weight excluding hydrogens is 236 g/mol. The number of ketones is 1. The summed E-state index contributed by atoms with van der Waals surface area (Å²) in [5.74, 6) is 0.861. The van der Waals surface area contributed by atoms with Crippen LogP contribution >= 0.6 is 0 Å². The average molecular weight is 268 g/mol. The van der Waals surface area contributed by atoms with Crippen molar-refractivity contribution < 1.29 is 9.53 Å². The molecule has 0 aromatic carbocycles. The zero-order valence-electron chi connectivity index (χ0n) is 13.9. The summed E-state index contributed by atoms with van der Waals surface area (Å²) in [4.78, 5) is 12.9. The van der Waals surface area contributed by atoms with Crippen molar-refractivity contribution in [3.63, 3.8) is 0 Å². The summed E-state index contributed by atoms with van der Waals surface area (Å²) in [6, 6.07) is 0. The summed E-state index contributed by atoms with van der Waals surface area (Å²) in [7, 11) is 0. The third-order valence-corrected chi connectivity index (χ3v) is 4.65. The standard InChI is InChI=1S/C17H32O2/c1-15(2,3)12-17(7,16(4,5)6)14(18)10-13-8-9-19-11-13/h13H,8-12H2,1-7H3. The van der Waals surface area contributed by atoms with Crippen LogP contribution in [0, 0.1) is 22.2 Å². The lowest BCUT2D eigenvalue weighted by Gasteiger charge is -2.45. The zero-order valence-corrected chi connectivity index (χ0v) is 13.9. The molecule has 0 aromatic heterocycles. The van der Waals surface area contributed by atoms with Gasteiger partial charge >= 0.3 is 0 Å². The van der Waals surface area contributed by atoms with Crippen molar-refractivity contribution in [3.05, 3.63) is 0 Å². The third-order valence-electron chi connectivity index (χ3n) is 4.65. The largest absolute Gasteiger partial charge is 0.381 e. The fraction of sp³-hybridized carbons (Fsp3) is 0.941. The van der Waals surface area contributed by atoms with E-state index in [1.807, 2.05) is 0 Å². The monoisotopic (exact) mass is 268 g/mol. The Hall–Kier alpha value is -0.370. The van der Waals surface area contributed by atoms with Crippen LogP contribution < -0.4 is 0 Å². The van der Waals surface area contributed by atoms with Crippen LogP contribution in [-0.2, 0) is 9.53 Å². The SMILES string of the molecule is CC(C)(C)CC(C)(C(=O)CC1CCOC1)C(C)(C)C. The van der Waals surface area contributed by atoms with Gasteiger partial charge in [-0.25, -0.2) is 0 Å². The lowest BCUT2D eigenvalue weighted by atomic mass is 9.58. The summed E-state index contributed by atoms with van der Waals surface area (Å²) >= 11 is 0. The minimum Gasteiger partial charge on any atom is -0.381 e. The van der Waals surface area contributed by atoms with Gasteiger partial charge < -0.3 is 4.74 Å². The fourth-order valence-electron chi connectivity index (χ4n) is 3.07. The summed E-state index contributed by atoms with van der Waals surface area (Å²) in [6.45, 7) is 17.0. The number of hydrogen-bond acceptors (Lipinski definition) is 2. The Labute approximate surface area is 119 Å². The van der Waals surface area contributed by atoms with Gasteiger partial charge in [0, 0.05) is 25.0 Å². The van der Waals surface area contributed by atoms with Crippen LogP contribution in [0.1, 0.15) is 67.7 Å². The second-order valence-electron chi connectivity index (χ2n) is 8.68. The van der Waals surface area contributed by atoms with Crippen LogP contribution in [0.2, 0.25) is 0 Å². The first-order chi connectivity index (χ1) is 8.46. The van der Waals surface area contributed by atoms with Crippen molar-refractivity contribution in [2.45, 2.75) is 67.7 Å². The third kappa shape index (κ3) is 4.30. The molecule has 2 atom stereocenters. The van der Waals surface area contributed by atoms with Crippen LogP contribution in [0.3, 0.4) is 0 Å². The van der Waals surface area contributed by atoms with Gasteiger partial charge in [0.05, 0.1) is 0 Å². The van der Waals surface area contributed by atoms with E-state index in [1.54, 1.807) is 0 Å². The van der Waals surface area contributed by atoms with Crippen molar-refractivity contribution in [2.75, 3.05) is 13.2 Å². The molecule has 0 spiro atoms. The summed E-state index contributed by atoms with van der Waals surface area (Å²) in [6.07, 6.45) is 2.67. The fourth-order valence-corrected chi connectivity index (χ4v) is 3.07. The van der Waals surface area contributed by atoms with Crippen LogP contribution in [0.25, 0.3) is 0 Å². The highest BCUT2D eigenvalue weighted by Crippen LogP contribution is 2.48. The molecule has 1 saturated heterocycles. The minimum absolute atomic E-state index is 0.00315. The highest BCUT2D eigenvalue weighted by atomic mass is 16.5. The van der Waals surface area contributed by atoms with Gasteiger partial charge in [-0.05, 0) is 29.6 Å². The molecule has 112 valence electrons. The number of ether oxygens (including phenoxy) is 1. The molecule has 1 aliphatic heterocycles. The predicted molar refractivity (Wildman–Crippen MR) is 80.2 cm³/mol. The van der Waals surface area contributed by atoms with Crippen LogP contribution in [0.4, 0.5) is 0 Å². The molecule has 2 nitrogen and oxygen atoms in total. The number of carbonyl (C=O) groups is 1. The Morgan fingerprint density at radius 1 is 1.11 bits per heavy atom. The van der Waals surface area contributed by atoms with Gasteiger partial charge in [-0.3, -0.25) is 4.79 Å². The van der Waals surface area contributed by atoms with Gasteiger partial charge in [0.1, 0.15) is 5.78 Å². The van der Waals surface area contributed by atoms with Gasteiger partial charge in [-0.1, -0.05) is 48.5 Å². The second kappa shape index (κ2) is 5.55. The lowest BCUT2D eigenvalue weighted by molar-refractivity contribution is -0.137. The Bertz CT molecular complexity index is 313. The topological polar surface area (TPSA) is 26.3 Å². The Kier molecular flexibility index (Phi) is 4.88. The van der Waals surface area contributed by atoms with E-state index in [2.05, 4.69) is 48.5 Å². The molecule has 0 amide bonds. The summed E-state index contributed by atoms with van der Waals surface area (Å²) in [5, 5.41) is 0. The van der Waals surface area contributed by atoms with E-state index in [4.69, 9.17) is 4.74 Å². The van der Waals surface area contributed by atoms with Crippen molar-refractivity contribution >= 4 is 5.78 Å². The molecule has 0 bridgehead atoms. The van der Waals surface area contributed by atoms with Crippen molar-refractivity contribution in [1.82, 2.24) is 0 Å². The first-order valence-electron chi connectivity index (χ1n) is 7.57. The van der Waals surface area contributed by atoms with E-state index in [0.717, 1.165) is 26.1 Å². The molecule has 2 unspecified atom stereocenters. The number of carbonyl (C=O) groups excluding carboxylic acids is 1. The Morgan fingerprint density at radius 2 is 1.68 bits per heavy atom. The maximum absolute atomic E-state index is 12.9. The number of Topliss-reactive ketones (excluding diaryl/α,β-unsaturated/α-hetero) is 1. The lowest BCUT2D eigenvalue weighted by Crippen LogP contribution is -2.44. The Morgan fingerprint density at radius 3 is 2.05 bits per heavy atom. The van der Waals surface area contributed by atoms with E-state index in [-0.39, 0.29) is 16.2 Å². The first kappa shape index (κ1) is 16.7. The van der Waals surface area contributed by atoms with Crippen LogP contribution in [0.15, 0.2) is 0 Å². The van der Waals surface area contributed by atoms with Crippen molar-refractivity contribution in [3.8, 4) is 0 Å². The van der Waals surface area contributed by atoms with Gasteiger partial charge in [0.15, 0.2) is 0 Å². The molecule has 0 radical (unpaired) electrons. The molecule has 0 aliphatic carbocycles. The first-order valence-corrected chi connectivity index (χ1v) is 7.57. The normalized spacial score (nSPS) is 24.3. The van der Waals surface area contributed by atoms with Crippen LogP contribution in [0.5, 0.6) is 0 Å². The molecule has 1 heterocycles. The molecule has 1 aliphatic rings. The minimum atomic E-state index is -0.256. The molecule has 1 fully saturated rings. The highest BCUT2D eigenvalue weighted by molar-refractivity contribution is 5.85. The van der Waals surface area contributed by atoms with Gasteiger partial charge in [-0.15, -0.1) is 0 Å². The maximum Gasteiger partial charge on any atom is 0.139 e. The van der Waals surface area contributed by atoms with Gasteiger partial charge in [0.25, 0.3) is 0 Å². The van der Waals surface area contributed by atoms with E-state index in [0.29, 0.717) is 18.1 Å². The van der Waals surface area contributed by atoms with E-state index >= 15 is 0 Å². The molecule has 19 heavy (non-hydrogen) atoms. The summed E-state index contributed by atoms with van der Waals surface area (Å²) in [5.41, 5.74) is -0.0888. The van der Waals surface area contributed by atoms with Crippen molar-refractivity contribution in [2.24, 2.45) is 22.2 Å². The molecular formula is C17H32O2.